The molecule has 108 valence electrons. The molecule has 0 aromatic heterocycles. The van der Waals surface area contributed by atoms with Gasteiger partial charge in [-0.3, -0.25) is 9.59 Å². The fourth-order valence-corrected chi connectivity index (χ4v) is 1.85. The molecule has 4 nitrogen and oxygen atoms in total. The number of carbonyl (C=O) groups is 2. The van der Waals surface area contributed by atoms with Gasteiger partial charge in [0, 0.05) is 10.6 Å². The van der Waals surface area contributed by atoms with Crippen molar-refractivity contribution in [3.05, 3.63) is 65.2 Å². The van der Waals surface area contributed by atoms with E-state index < -0.39 is 0 Å². The molecular formula is C16H14ClNO3. The van der Waals surface area contributed by atoms with E-state index in [1.807, 2.05) is 18.2 Å². The normalized spacial score (nSPS) is 9.95. The van der Waals surface area contributed by atoms with Gasteiger partial charge in [-0.1, -0.05) is 41.9 Å². The van der Waals surface area contributed by atoms with Gasteiger partial charge in [0.2, 0.25) is 0 Å². The monoisotopic (exact) mass is 303 g/mol. The number of rotatable bonds is 6. The highest BCUT2D eigenvalue weighted by Gasteiger charge is 2.09. The Morgan fingerprint density at radius 2 is 1.81 bits per heavy atom. The van der Waals surface area contributed by atoms with E-state index in [2.05, 4.69) is 5.32 Å². The van der Waals surface area contributed by atoms with E-state index >= 15 is 0 Å². The van der Waals surface area contributed by atoms with Gasteiger partial charge < -0.3 is 10.1 Å². The van der Waals surface area contributed by atoms with E-state index in [1.54, 1.807) is 36.4 Å². The lowest BCUT2D eigenvalue weighted by molar-refractivity contribution is -0.122. The summed E-state index contributed by atoms with van der Waals surface area (Å²) in [5.41, 5.74) is 0.465. The second kappa shape index (κ2) is 7.45. The minimum Gasteiger partial charge on any atom is -0.484 e. The Bertz CT molecular complexity index is 628. The molecule has 21 heavy (non-hydrogen) atoms. The molecule has 0 heterocycles. The third-order valence-corrected chi connectivity index (χ3v) is 2.94. The number of para-hydroxylation sites is 1. The van der Waals surface area contributed by atoms with Crippen LogP contribution in [0.4, 0.5) is 0 Å². The summed E-state index contributed by atoms with van der Waals surface area (Å²) in [6.45, 7) is -0.218. The average molecular weight is 304 g/mol. The number of benzene rings is 2. The van der Waals surface area contributed by atoms with Crippen molar-refractivity contribution in [1.29, 1.82) is 0 Å². The molecule has 0 aliphatic carbocycles. The first-order valence-corrected chi connectivity index (χ1v) is 6.76. The van der Waals surface area contributed by atoms with Crippen LogP contribution in [-0.4, -0.2) is 24.8 Å². The number of hydrogen-bond donors (Lipinski definition) is 1. The smallest absolute Gasteiger partial charge is 0.258 e. The molecule has 5 heteroatoms. The summed E-state index contributed by atoms with van der Waals surface area (Å²) in [6, 6.07) is 15.6. The maximum absolute atomic E-state index is 11.9. The second-order valence-corrected chi connectivity index (χ2v) is 4.75. The Balaban J connectivity index is 1.77. The van der Waals surface area contributed by atoms with E-state index in [0.29, 0.717) is 16.3 Å². The standard InChI is InChI=1S/C16H14ClNO3/c17-13-6-4-5-12(9-13)15(19)10-18-16(20)11-21-14-7-2-1-3-8-14/h1-9H,10-11H2,(H,18,20). The molecular weight excluding hydrogens is 290 g/mol. The zero-order valence-electron chi connectivity index (χ0n) is 11.2. The summed E-state index contributed by atoms with van der Waals surface area (Å²) in [7, 11) is 0. The molecule has 2 rings (SSSR count). The fourth-order valence-electron chi connectivity index (χ4n) is 1.66. The molecule has 2 aromatic rings. The van der Waals surface area contributed by atoms with Crippen LogP contribution in [0.25, 0.3) is 0 Å². The molecule has 0 saturated heterocycles. The molecule has 1 amide bonds. The van der Waals surface area contributed by atoms with Gasteiger partial charge in [0.25, 0.3) is 5.91 Å². The third kappa shape index (κ3) is 4.93. The molecule has 0 saturated carbocycles. The molecule has 1 N–H and O–H groups in total. The Kier molecular flexibility index (Phi) is 5.35. The van der Waals surface area contributed by atoms with Crippen molar-refractivity contribution in [2.45, 2.75) is 0 Å². The lowest BCUT2D eigenvalue weighted by Crippen LogP contribution is -2.33. The number of nitrogens with one attached hydrogen (secondary N) is 1. The predicted octanol–water partition coefficient (Wildman–Crippen LogP) is 2.72. The van der Waals surface area contributed by atoms with E-state index in [-0.39, 0.29) is 24.8 Å². The third-order valence-electron chi connectivity index (χ3n) is 2.71. The van der Waals surface area contributed by atoms with E-state index in [1.165, 1.54) is 0 Å². The Labute approximate surface area is 127 Å². The molecule has 0 unspecified atom stereocenters. The van der Waals surface area contributed by atoms with Crippen molar-refractivity contribution in [3.8, 4) is 5.75 Å². The Morgan fingerprint density at radius 1 is 1.05 bits per heavy atom. The van der Waals surface area contributed by atoms with Crippen LogP contribution in [0.1, 0.15) is 10.4 Å². The van der Waals surface area contributed by atoms with Gasteiger partial charge in [0.05, 0.1) is 6.54 Å². The van der Waals surface area contributed by atoms with E-state index in [9.17, 15) is 9.59 Å². The lowest BCUT2D eigenvalue weighted by Gasteiger charge is -2.07. The molecule has 0 spiro atoms. The molecule has 0 aliphatic rings. The van der Waals surface area contributed by atoms with Gasteiger partial charge in [-0.25, -0.2) is 0 Å². The minimum absolute atomic E-state index is 0.0860. The number of Topliss-reactive ketones (excluding diaryl/α,β-unsaturated/α-hetero) is 1. The van der Waals surface area contributed by atoms with Crippen molar-refractivity contribution in [3.63, 3.8) is 0 Å². The fraction of sp³-hybridized carbons (Fsp3) is 0.125. The van der Waals surface area contributed by atoms with Crippen LogP contribution in [-0.2, 0) is 4.79 Å². The quantitative estimate of drug-likeness (QED) is 0.835. The Hall–Kier alpha value is -2.33. The van der Waals surface area contributed by atoms with Gasteiger partial charge in [0.15, 0.2) is 12.4 Å². The number of ketones is 1. The molecule has 2 aromatic carbocycles. The SMILES string of the molecule is O=C(COc1ccccc1)NCC(=O)c1cccc(Cl)c1. The van der Waals surface area contributed by atoms with Crippen LogP contribution in [0.5, 0.6) is 5.75 Å². The van der Waals surface area contributed by atoms with E-state index in [4.69, 9.17) is 16.3 Å². The Morgan fingerprint density at radius 3 is 2.52 bits per heavy atom. The zero-order valence-corrected chi connectivity index (χ0v) is 12.0. The van der Waals surface area contributed by atoms with Gasteiger partial charge in [-0.05, 0) is 24.3 Å². The molecule has 0 atom stereocenters. The number of hydrogen-bond acceptors (Lipinski definition) is 3. The first kappa shape index (κ1) is 15.1. The van der Waals surface area contributed by atoms with Crippen molar-refractivity contribution in [1.82, 2.24) is 5.32 Å². The number of halogens is 1. The first-order chi connectivity index (χ1) is 10.1. The maximum atomic E-state index is 11.9. The predicted molar refractivity (Wildman–Crippen MR) is 80.7 cm³/mol. The van der Waals surface area contributed by atoms with Crippen LogP contribution in [0.2, 0.25) is 5.02 Å². The highest BCUT2D eigenvalue weighted by atomic mass is 35.5. The van der Waals surface area contributed by atoms with E-state index in [0.717, 1.165) is 0 Å². The van der Waals surface area contributed by atoms with Crippen LogP contribution >= 0.6 is 11.6 Å². The lowest BCUT2D eigenvalue weighted by atomic mass is 10.1. The van der Waals surface area contributed by atoms with Gasteiger partial charge in [-0.2, -0.15) is 0 Å². The molecule has 0 radical (unpaired) electrons. The summed E-state index contributed by atoms with van der Waals surface area (Å²) < 4.78 is 5.28. The van der Waals surface area contributed by atoms with Crippen LogP contribution in [0.15, 0.2) is 54.6 Å². The summed E-state index contributed by atoms with van der Waals surface area (Å²) >= 11 is 5.81. The topological polar surface area (TPSA) is 55.4 Å². The zero-order chi connectivity index (χ0) is 15.1. The van der Waals surface area contributed by atoms with Crippen LogP contribution < -0.4 is 10.1 Å². The van der Waals surface area contributed by atoms with Crippen molar-refractivity contribution in [2.24, 2.45) is 0 Å². The molecule has 0 bridgehead atoms. The summed E-state index contributed by atoms with van der Waals surface area (Å²) in [4.78, 5) is 23.5. The number of ether oxygens (including phenoxy) is 1. The first-order valence-electron chi connectivity index (χ1n) is 6.38. The van der Waals surface area contributed by atoms with Crippen LogP contribution in [0, 0.1) is 0 Å². The minimum atomic E-state index is -0.353. The second-order valence-electron chi connectivity index (χ2n) is 4.31. The van der Waals surface area contributed by atoms with Crippen molar-refractivity contribution >= 4 is 23.3 Å². The summed E-state index contributed by atoms with van der Waals surface area (Å²) in [5, 5.41) is 3.00. The highest BCUT2D eigenvalue weighted by molar-refractivity contribution is 6.31. The highest BCUT2D eigenvalue weighted by Crippen LogP contribution is 2.11. The largest absolute Gasteiger partial charge is 0.484 e. The number of carbonyl (C=O) groups excluding carboxylic acids is 2. The molecule has 0 fully saturated rings. The average Bonchev–Trinajstić information content (AvgIpc) is 2.51. The summed E-state index contributed by atoms with van der Waals surface area (Å²) in [5.74, 6) is 0.0496. The van der Waals surface area contributed by atoms with Crippen molar-refractivity contribution < 1.29 is 14.3 Å². The van der Waals surface area contributed by atoms with Gasteiger partial charge in [0.1, 0.15) is 5.75 Å². The van der Waals surface area contributed by atoms with Crippen LogP contribution in [0.3, 0.4) is 0 Å². The van der Waals surface area contributed by atoms with Gasteiger partial charge >= 0.3 is 0 Å². The maximum Gasteiger partial charge on any atom is 0.258 e. The summed E-state index contributed by atoms with van der Waals surface area (Å²) in [6.07, 6.45) is 0. The van der Waals surface area contributed by atoms with Crippen molar-refractivity contribution in [2.75, 3.05) is 13.2 Å². The number of amides is 1. The molecule has 0 aliphatic heterocycles. The van der Waals surface area contributed by atoms with Gasteiger partial charge in [-0.15, -0.1) is 0 Å².